The fourth-order valence-electron chi connectivity index (χ4n) is 3.59. The molecule has 1 aromatic heterocycles. The zero-order valence-corrected chi connectivity index (χ0v) is 13.0. The van der Waals surface area contributed by atoms with E-state index < -0.39 is 0 Å². The van der Waals surface area contributed by atoms with E-state index in [1.54, 1.807) is 0 Å². The lowest BCUT2D eigenvalue weighted by molar-refractivity contribution is 0.213. The minimum absolute atomic E-state index is 0.395. The first-order valence-electron chi connectivity index (χ1n) is 8.24. The lowest BCUT2D eigenvalue weighted by Gasteiger charge is -2.33. The summed E-state index contributed by atoms with van der Waals surface area (Å²) in [4.78, 5) is 0. The molecule has 3 N–H and O–H groups in total. The van der Waals surface area contributed by atoms with Gasteiger partial charge in [0.15, 0.2) is 0 Å². The van der Waals surface area contributed by atoms with Crippen molar-refractivity contribution in [1.29, 1.82) is 0 Å². The van der Waals surface area contributed by atoms with Crippen LogP contribution in [0.3, 0.4) is 0 Å². The smallest absolute Gasteiger partial charge is 0.0522 e. The molecule has 0 aromatic carbocycles. The number of hydrogen-bond donors (Lipinski definition) is 2. The van der Waals surface area contributed by atoms with Crippen LogP contribution in [-0.2, 0) is 13.0 Å². The van der Waals surface area contributed by atoms with Gasteiger partial charge < -0.3 is 0 Å². The minimum Gasteiger partial charge on any atom is -0.273 e. The van der Waals surface area contributed by atoms with Crippen LogP contribution in [0.25, 0.3) is 0 Å². The highest BCUT2D eigenvalue weighted by Crippen LogP contribution is 2.33. The third kappa shape index (κ3) is 4.06. The number of aryl methyl sites for hydroxylation is 1. The number of nitrogens with zero attached hydrogens (tertiary/aromatic N) is 2. The van der Waals surface area contributed by atoms with Crippen LogP contribution >= 0.6 is 0 Å². The maximum Gasteiger partial charge on any atom is 0.0522 e. The summed E-state index contributed by atoms with van der Waals surface area (Å²) in [5.74, 6) is 7.48. The van der Waals surface area contributed by atoms with Crippen molar-refractivity contribution in [3.8, 4) is 0 Å². The first-order valence-corrected chi connectivity index (χ1v) is 8.24. The number of rotatable bonds is 7. The van der Waals surface area contributed by atoms with Crippen LogP contribution in [0.2, 0.25) is 0 Å². The number of aromatic nitrogens is 2. The molecular formula is C16H30N4. The van der Waals surface area contributed by atoms with E-state index in [1.807, 2.05) is 10.9 Å². The highest BCUT2D eigenvalue weighted by Gasteiger charge is 2.27. The number of nitrogens with two attached hydrogens (primary N) is 1. The molecule has 1 aliphatic rings. The van der Waals surface area contributed by atoms with E-state index in [1.165, 1.54) is 44.1 Å². The van der Waals surface area contributed by atoms with Crippen molar-refractivity contribution in [3.63, 3.8) is 0 Å². The van der Waals surface area contributed by atoms with Crippen LogP contribution in [0, 0.1) is 11.8 Å². The molecule has 0 bridgehead atoms. The Morgan fingerprint density at radius 3 is 2.65 bits per heavy atom. The Balaban J connectivity index is 1.86. The molecular weight excluding hydrogens is 248 g/mol. The Bertz CT molecular complexity index is 380. The second-order valence-electron chi connectivity index (χ2n) is 6.25. The van der Waals surface area contributed by atoms with Crippen LogP contribution in [0.4, 0.5) is 0 Å². The third-order valence-corrected chi connectivity index (χ3v) is 4.84. The molecule has 4 nitrogen and oxygen atoms in total. The molecule has 20 heavy (non-hydrogen) atoms. The molecule has 1 aliphatic carbocycles. The average molecular weight is 278 g/mol. The van der Waals surface area contributed by atoms with E-state index in [-0.39, 0.29) is 0 Å². The summed E-state index contributed by atoms with van der Waals surface area (Å²) in [6, 6.07) is 0.395. The van der Waals surface area contributed by atoms with Gasteiger partial charge in [0.25, 0.3) is 0 Å². The maximum atomic E-state index is 5.81. The van der Waals surface area contributed by atoms with Gasteiger partial charge in [0.05, 0.1) is 6.20 Å². The summed E-state index contributed by atoms with van der Waals surface area (Å²) in [5, 5.41) is 4.35. The highest BCUT2D eigenvalue weighted by atomic mass is 15.3. The SMILES string of the molecule is CCCC1CCC(C(Cc2cnn(CC)c2)NN)CC1. The van der Waals surface area contributed by atoms with Gasteiger partial charge in [0.2, 0.25) is 0 Å². The van der Waals surface area contributed by atoms with Gasteiger partial charge >= 0.3 is 0 Å². The van der Waals surface area contributed by atoms with Gasteiger partial charge in [-0.15, -0.1) is 0 Å². The molecule has 0 radical (unpaired) electrons. The summed E-state index contributed by atoms with van der Waals surface area (Å²) >= 11 is 0. The summed E-state index contributed by atoms with van der Waals surface area (Å²) in [5.41, 5.74) is 4.35. The molecule has 114 valence electrons. The van der Waals surface area contributed by atoms with Gasteiger partial charge in [-0.2, -0.15) is 5.10 Å². The molecule has 1 saturated carbocycles. The summed E-state index contributed by atoms with van der Waals surface area (Å²) in [6.45, 7) is 5.34. The average Bonchev–Trinajstić information content (AvgIpc) is 2.94. The summed E-state index contributed by atoms with van der Waals surface area (Å²) < 4.78 is 1.99. The van der Waals surface area contributed by atoms with E-state index in [0.717, 1.165) is 24.8 Å². The fourth-order valence-corrected chi connectivity index (χ4v) is 3.59. The maximum absolute atomic E-state index is 5.81. The van der Waals surface area contributed by atoms with Gasteiger partial charge in [0.1, 0.15) is 0 Å². The first kappa shape index (κ1) is 15.5. The van der Waals surface area contributed by atoms with Crippen molar-refractivity contribution in [1.82, 2.24) is 15.2 Å². The van der Waals surface area contributed by atoms with Crippen molar-refractivity contribution in [2.75, 3.05) is 0 Å². The van der Waals surface area contributed by atoms with Gasteiger partial charge in [0, 0.05) is 18.8 Å². The molecule has 1 unspecified atom stereocenters. The molecule has 1 atom stereocenters. The minimum atomic E-state index is 0.395. The number of hydrazine groups is 1. The predicted octanol–water partition coefficient (Wildman–Crippen LogP) is 2.88. The van der Waals surface area contributed by atoms with Crippen molar-refractivity contribution in [2.24, 2.45) is 17.7 Å². The highest BCUT2D eigenvalue weighted by molar-refractivity contribution is 5.07. The number of hydrogen-bond acceptors (Lipinski definition) is 3. The topological polar surface area (TPSA) is 55.9 Å². The van der Waals surface area contributed by atoms with Crippen molar-refractivity contribution >= 4 is 0 Å². The van der Waals surface area contributed by atoms with Crippen molar-refractivity contribution in [3.05, 3.63) is 18.0 Å². The molecule has 0 amide bonds. The molecule has 0 saturated heterocycles. The van der Waals surface area contributed by atoms with Crippen molar-refractivity contribution in [2.45, 2.75) is 71.4 Å². The second-order valence-corrected chi connectivity index (χ2v) is 6.25. The van der Waals surface area contributed by atoms with E-state index in [9.17, 15) is 0 Å². The summed E-state index contributed by atoms with van der Waals surface area (Å²) in [7, 11) is 0. The third-order valence-electron chi connectivity index (χ3n) is 4.84. The van der Waals surface area contributed by atoms with Crippen LogP contribution in [-0.4, -0.2) is 15.8 Å². The Labute approximate surface area is 123 Å². The number of nitrogens with one attached hydrogen (secondary N) is 1. The van der Waals surface area contributed by atoms with Gasteiger partial charge in [-0.05, 0) is 43.6 Å². The standard InChI is InChI=1S/C16H30N4/c1-3-5-13-6-8-15(9-7-13)16(19-17)10-14-11-18-20(4-2)12-14/h11-13,15-16,19H,3-10,17H2,1-2H3. The fraction of sp³-hybridized carbons (Fsp3) is 0.812. The molecule has 1 heterocycles. The largest absolute Gasteiger partial charge is 0.273 e. The van der Waals surface area contributed by atoms with Crippen LogP contribution in [0.5, 0.6) is 0 Å². The van der Waals surface area contributed by atoms with E-state index in [4.69, 9.17) is 5.84 Å². The van der Waals surface area contributed by atoms with Gasteiger partial charge in [-0.25, -0.2) is 0 Å². The van der Waals surface area contributed by atoms with Crippen LogP contribution in [0.15, 0.2) is 12.4 Å². The molecule has 0 aliphatic heterocycles. The van der Waals surface area contributed by atoms with Gasteiger partial charge in [-0.3, -0.25) is 16.0 Å². The van der Waals surface area contributed by atoms with E-state index in [2.05, 4.69) is 30.6 Å². The first-order chi connectivity index (χ1) is 9.76. The predicted molar refractivity (Wildman–Crippen MR) is 83.1 cm³/mol. The Kier molecular flexibility index (Phi) is 6.05. The lowest BCUT2D eigenvalue weighted by Crippen LogP contribution is -2.43. The Hall–Kier alpha value is -0.870. The zero-order chi connectivity index (χ0) is 14.4. The molecule has 2 rings (SSSR count). The van der Waals surface area contributed by atoms with Crippen LogP contribution < -0.4 is 11.3 Å². The zero-order valence-electron chi connectivity index (χ0n) is 13.0. The summed E-state index contributed by atoms with van der Waals surface area (Å²) in [6.07, 6.45) is 13.3. The normalized spacial score (nSPS) is 24.8. The monoisotopic (exact) mass is 278 g/mol. The molecule has 0 spiro atoms. The Morgan fingerprint density at radius 1 is 1.35 bits per heavy atom. The molecule has 1 aromatic rings. The van der Waals surface area contributed by atoms with E-state index in [0.29, 0.717) is 6.04 Å². The van der Waals surface area contributed by atoms with Gasteiger partial charge in [-0.1, -0.05) is 32.6 Å². The van der Waals surface area contributed by atoms with Crippen molar-refractivity contribution < 1.29 is 0 Å². The molecule has 4 heteroatoms. The van der Waals surface area contributed by atoms with E-state index >= 15 is 0 Å². The molecule has 1 fully saturated rings. The second kappa shape index (κ2) is 7.79. The quantitative estimate of drug-likeness (QED) is 0.595. The Morgan fingerprint density at radius 2 is 2.10 bits per heavy atom. The van der Waals surface area contributed by atoms with Crippen LogP contribution in [0.1, 0.15) is 57.9 Å². The lowest BCUT2D eigenvalue weighted by atomic mass is 9.76.